The Labute approximate surface area is 127 Å². The van der Waals surface area contributed by atoms with E-state index in [0.29, 0.717) is 15.7 Å². The molecule has 0 saturated heterocycles. The van der Waals surface area contributed by atoms with E-state index in [1.807, 2.05) is 0 Å². The lowest BCUT2D eigenvalue weighted by Crippen LogP contribution is -2.03. The number of benzene rings is 1. The summed E-state index contributed by atoms with van der Waals surface area (Å²) >= 11 is 3.13. The Bertz CT molecular complexity index is 733. The Morgan fingerprint density at radius 2 is 2.14 bits per heavy atom. The van der Waals surface area contributed by atoms with E-state index < -0.39 is 10.9 Å². The van der Waals surface area contributed by atoms with Gasteiger partial charge in [0.15, 0.2) is 0 Å². The van der Waals surface area contributed by atoms with Crippen molar-refractivity contribution in [3.05, 3.63) is 56.2 Å². The van der Waals surface area contributed by atoms with Gasteiger partial charge in [-0.15, -0.1) is 0 Å². The molecule has 0 aliphatic carbocycles. The molecule has 2 rings (SSSR count). The minimum Gasteiger partial charge on any atom is -0.478 e. The number of carboxylic acids is 1. The SMILES string of the molecule is Cc1ccnc(Nc2ccc(Br)c(C(=O)O)c2)c1[N+](=O)[O-]. The lowest BCUT2D eigenvalue weighted by Gasteiger charge is -2.09. The van der Waals surface area contributed by atoms with Gasteiger partial charge in [0, 0.05) is 21.9 Å². The lowest BCUT2D eigenvalue weighted by molar-refractivity contribution is -0.384. The first-order valence-electron chi connectivity index (χ1n) is 5.80. The van der Waals surface area contributed by atoms with E-state index in [0.717, 1.165) is 0 Å². The third kappa shape index (κ3) is 3.16. The molecule has 21 heavy (non-hydrogen) atoms. The first kappa shape index (κ1) is 14.9. The van der Waals surface area contributed by atoms with Gasteiger partial charge < -0.3 is 10.4 Å². The molecule has 0 aliphatic heterocycles. The monoisotopic (exact) mass is 351 g/mol. The molecule has 1 aromatic carbocycles. The maximum Gasteiger partial charge on any atom is 0.336 e. The zero-order chi connectivity index (χ0) is 15.6. The van der Waals surface area contributed by atoms with Gasteiger partial charge in [-0.2, -0.15) is 0 Å². The van der Waals surface area contributed by atoms with E-state index in [9.17, 15) is 14.9 Å². The van der Waals surface area contributed by atoms with Crippen LogP contribution in [0.5, 0.6) is 0 Å². The van der Waals surface area contributed by atoms with E-state index in [2.05, 4.69) is 26.2 Å². The van der Waals surface area contributed by atoms with E-state index in [-0.39, 0.29) is 17.1 Å². The smallest absolute Gasteiger partial charge is 0.336 e. The molecule has 1 heterocycles. The maximum atomic E-state index is 11.1. The second-order valence-electron chi connectivity index (χ2n) is 4.21. The van der Waals surface area contributed by atoms with Crippen molar-refractivity contribution >= 4 is 39.1 Å². The fourth-order valence-electron chi connectivity index (χ4n) is 1.78. The summed E-state index contributed by atoms with van der Waals surface area (Å²) in [6.07, 6.45) is 1.45. The van der Waals surface area contributed by atoms with Crippen LogP contribution in [-0.4, -0.2) is 21.0 Å². The molecule has 0 spiro atoms. The number of pyridine rings is 1. The van der Waals surface area contributed by atoms with Crippen molar-refractivity contribution < 1.29 is 14.8 Å². The number of aromatic nitrogens is 1. The summed E-state index contributed by atoms with van der Waals surface area (Å²) < 4.78 is 0.423. The van der Waals surface area contributed by atoms with Gasteiger partial charge in [0.1, 0.15) is 0 Å². The molecule has 0 saturated carbocycles. The molecule has 2 N–H and O–H groups in total. The number of anilines is 2. The molecule has 0 radical (unpaired) electrons. The minimum absolute atomic E-state index is 0.0512. The molecule has 0 atom stereocenters. The highest BCUT2D eigenvalue weighted by Crippen LogP contribution is 2.29. The van der Waals surface area contributed by atoms with Gasteiger partial charge in [-0.3, -0.25) is 10.1 Å². The van der Waals surface area contributed by atoms with Crippen molar-refractivity contribution in [1.82, 2.24) is 4.98 Å². The molecule has 2 aromatic rings. The average Bonchev–Trinajstić information content (AvgIpc) is 2.40. The number of hydrogen-bond acceptors (Lipinski definition) is 5. The van der Waals surface area contributed by atoms with Crippen LogP contribution >= 0.6 is 15.9 Å². The number of carboxylic acid groups (broad SMARTS) is 1. The summed E-state index contributed by atoms with van der Waals surface area (Å²) in [4.78, 5) is 25.6. The summed E-state index contributed by atoms with van der Waals surface area (Å²) in [5.74, 6) is -1.03. The highest BCUT2D eigenvalue weighted by molar-refractivity contribution is 9.10. The molecule has 0 aliphatic rings. The van der Waals surface area contributed by atoms with Crippen LogP contribution in [0.1, 0.15) is 15.9 Å². The number of aryl methyl sites for hydroxylation is 1. The first-order valence-corrected chi connectivity index (χ1v) is 6.59. The average molecular weight is 352 g/mol. The molecule has 0 fully saturated rings. The molecule has 0 amide bonds. The zero-order valence-corrected chi connectivity index (χ0v) is 12.4. The Kier molecular flexibility index (Phi) is 4.18. The van der Waals surface area contributed by atoms with Crippen molar-refractivity contribution in [2.75, 3.05) is 5.32 Å². The van der Waals surface area contributed by atoms with E-state index in [1.54, 1.807) is 19.1 Å². The second-order valence-corrected chi connectivity index (χ2v) is 5.06. The number of halogens is 1. The molecule has 108 valence electrons. The Morgan fingerprint density at radius 3 is 2.76 bits per heavy atom. The Hall–Kier alpha value is -2.48. The van der Waals surface area contributed by atoms with Crippen LogP contribution in [0, 0.1) is 17.0 Å². The summed E-state index contributed by atoms with van der Waals surface area (Å²) in [6.45, 7) is 1.61. The highest BCUT2D eigenvalue weighted by Gasteiger charge is 2.19. The number of nitrogens with zero attached hydrogens (tertiary/aromatic N) is 2. The van der Waals surface area contributed by atoms with Gasteiger partial charge in [-0.25, -0.2) is 9.78 Å². The molecule has 7 nitrogen and oxygen atoms in total. The molecule has 0 unspecified atom stereocenters. The van der Waals surface area contributed by atoms with Crippen molar-refractivity contribution in [2.24, 2.45) is 0 Å². The minimum atomic E-state index is -1.10. The predicted octanol–water partition coefficient (Wildman–Crippen LogP) is 3.50. The van der Waals surface area contributed by atoms with Crippen LogP contribution in [0.2, 0.25) is 0 Å². The van der Waals surface area contributed by atoms with Gasteiger partial charge in [0.25, 0.3) is 0 Å². The van der Waals surface area contributed by atoms with Gasteiger partial charge >= 0.3 is 11.7 Å². The standard InChI is InChI=1S/C13H10BrN3O4/c1-7-4-5-15-12(11(7)17(20)21)16-8-2-3-10(14)9(6-8)13(18)19/h2-6H,1H3,(H,15,16)(H,18,19). The number of aromatic carboxylic acids is 1. The number of nitro groups is 1. The largest absolute Gasteiger partial charge is 0.478 e. The molecule has 0 bridgehead atoms. The Morgan fingerprint density at radius 1 is 1.43 bits per heavy atom. The van der Waals surface area contributed by atoms with Gasteiger partial charge in [0.2, 0.25) is 5.82 Å². The van der Waals surface area contributed by atoms with Crippen LogP contribution in [0.25, 0.3) is 0 Å². The van der Waals surface area contributed by atoms with Gasteiger partial charge in [-0.05, 0) is 47.1 Å². The van der Waals surface area contributed by atoms with Crippen LogP contribution in [0.3, 0.4) is 0 Å². The number of rotatable bonds is 4. The van der Waals surface area contributed by atoms with Crippen molar-refractivity contribution in [1.29, 1.82) is 0 Å². The second kappa shape index (κ2) is 5.88. The van der Waals surface area contributed by atoms with Crippen molar-refractivity contribution in [3.63, 3.8) is 0 Å². The predicted molar refractivity (Wildman–Crippen MR) is 80.0 cm³/mol. The summed E-state index contributed by atoms with van der Waals surface area (Å²) in [5, 5.41) is 22.9. The van der Waals surface area contributed by atoms with Crippen LogP contribution < -0.4 is 5.32 Å². The highest BCUT2D eigenvalue weighted by atomic mass is 79.9. The normalized spacial score (nSPS) is 10.2. The van der Waals surface area contributed by atoms with Crippen molar-refractivity contribution in [2.45, 2.75) is 6.92 Å². The fourth-order valence-corrected chi connectivity index (χ4v) is 2.19. The lowest BCUT2D eigenvalue weighted by atomic mass is 10.2. The molecular weight excluding hydrogens is 342 g/mol. The number of carbonyl (C=O) groups is 1. The summed E-state index contributed by atoms with van der Waals surface area (Å²) in [5.41, 5.74) is 0.775. The van der Waals surface area contributed by atoms with Crippen LogP contribution in [-0.2, 0) is 0 Å². The quantitative estimate of drug-likeness (QED) is 0.644. The van der Waals surface area contributed by atoms with Gasteiger partial charge in [-0.1, -0.05) is 0 Å². The third-order valence-corrected chi connectivity index (χ3v) is 3.46. The Balaban J connectivity index is 2.44. The van der Waals surface area contributed by atoms with E-state index in [4.69, 9.17) is 5.11 Å². The molecular formula is C13H10BrN3O4. The number of hydrogen-bond donors (Lipinski definition) is 2. The first-order chi connectivity index (χ1) is 9.90. The topological polar surface area (TPSA) is 105 Å². The van der Waals surface area contributed by atoms with E-state index in [1.165, 1.54) is 18.3 Å². The van der Waals surface area contributed by atoms with Crippen LogP contribution in [0.15, 0.2) is 34.9 Å². The van der Waals surface area contributed by atoms with E-state index >= 15 is 0 Å². The third-order valence-electron chi connectivity index (χ3n) is 2.77. The fraction of sp³-hybridized carbons (Fsp3) is 0.0769. The molecule has 1 aromatic heterocycles. The summed E-state index contributed by atoms with van der Waals surface area (Å²) in [6, 6.07) is 6.06. The van der Waals surface area contributed by atoms with Gasteiger partial charge in [0.05, 0.1) is 10.5 Å². The molecule has 8 heteroatoms. The number of nitrogens with one attached hydrogen (secondary N) is 1. The summed E-state index contributed by atoms with van der Waals surface area (Å²) in [7, 11) is 0. The maximum absolute atomic E-state index is 11.1. The zero-order valence-electron chi connectivity index (χ0n) is 10.8. The van der Waals surface area contributed by atoms with Crippen LogP contribution in [0.4, 0.5) is 17.2 Å². The van der Waals surface area contributed by atoms with Crippen molar-refractivity contribution in [3.8, 4) is 0 Å².